The van der Waals surface area contributed by atoms with Crippen molar-refractivity contribution < 1.29 is 14.6 Å². The minimum Gasteiger partial charge on any atom is -0.477 e. The van der Waals surface area contributed by atoms with E-state index in [1.165, 1.54) is 6.20 Å². The lowest BCUT2D eigenvalue weighted by Gasteiger charge is -2.28. The Morgan fingerprint density at radius 3 is 2.71 bits per heavy atom. The summed E-state index contributed by atoms with van der Waals surface area (Å²) < 4.78 is 5.29. The molecule has 0 radical (unpaired) electrons. The molecule has 1 fully saturated rings. The summed E-state index contributed by atoms with van der Waals surface area (Å²) in [7, 11) is 0. The first-order valence-electron chi connectivity index (χ1n) is 6.60. The summed E-state index contributed by atoms with van der Waals surface area (Å²) in [5.41, 5.74) is 0.709. The maximum absolute atomic E-state index is 11.4. The van der Waals surface area contributed by atoms with E-state index in [0.717, 1.165) is 0 Å². The second-order valence-corrected chi connectivity index (χ2v) is 4.55. The lowest BCUT2D eigenvalue weighted by atomic mass is 10.2. The fourth-order valence-electron chi connectivity index (χ4n) is 2.16. The molecule has 0 unspecified atom stereocenters. The monoisotopic (exact) mass is 286 g/mol. The van der Waals surface area contributed by atoms with Crippen LogP contribution in [0.5, 0.6) is 0 Å². The van der Waals surface area contributed by atoms with Gasteiger partial charge in [-0.05, 0) is 12.1 Å². The Labute approximate surface area is 121 Å². The van der Waals surface area contributed by atoms with Gasteiger partial charge in [0.2, 0.25) is 0 Å². The number of morpholine rings is 1. The highest BCUT2D eigenvalue weighted by molar-refractivity contribution is 5.93. The number of hydrogen-bond donors (Lipinski definition) is 1. The third-order valence-electron chi connectivity index (χ3n) is 3.20. The molecule has 7 nitrogen and oxygen atoms in total. The lowest BCUT2D eigenvalue weighted by molar-refractivity contribution is 0.0695. The summed E-state index contributed by atoms with van der Waals surface area (Å²) in [4.78, 5) is 26.0. The minimum atomic E-state index is -1.04. The van der Waals surface area contributed by atoms with Gasteiger partial charge in [0.25, 0.3) is 0 Å². The van der Waals surface area contributed by atoms with Crippen molar-refractivity contribution >= 4 is 11.8 Å². The van der Waals surface area contributed by atoms with Crippen LogP contribution >= 0.6 is 0 Å². The molecular formula is C14H14N4O3. The zero-order valence-electron chi connectivity index (χ0n) is 11.3. The molecule has 1 N–H and O–H groups in total. The molecule has 2 aromatic heterocycles. The van der Waals surface area contributed by atoms with Crippen molar-refractivity contribution in [1.82, 2.24) is 15.0 Å². The smallest absolute Gasteiger partial charge is 0.341 e. The van der Waals surface area contributed by atoms with E-state index < -0.39 is 5.97 Å². The topological polar surface area (TPSA) is 88.4 Å². The van der Waals surface area contributed by atoms with Crippen LogP contribution in [-0.4, -0.2) is 52.3 Å². The molecule has 0 spiro atoms. The second-order valence-electron chi connectivity index (χ2n) is 4.55. The molecule has 1 aliphatic heterocycles. The van der Waals surface area contributed by atoms with Crippen LogP contribution < -0.4 is 4.90 Å². The molecule has 1 aliphatic rings. The van der Waals surface area contributed by atoms with E-state index in [1.807, 2.05) is 11.0 Å². The Morgan fingerprint density at radius 1 is 1.24 bits per heavy atom. The van der Waals surface area contributed by atoms with Gasteiger partial charge in [-0.15, -0.1) is 0 Å². The van der Waals surface area contributed by atoms with Crippen molar-refractivity contribution in [2.75, 3.05) is 31.2 Å². The van der Waals surface area contributed by atoms with E-state index in [-0.39, 0.29) is 5.56 Å². The van der Waals surface area contributed by atoms with Crippen LogP contribution in [0.1, 0.15) is 10.4 Å². The Hall–Kier alpha value is -2.54. The molecule has 0 saturated carbocycles. The highest BCUT2D eigenvalue weighted by Gasteiger charge is 2.21. The van der Waals surface area contributed by atoms with Gasteiger partial charge in [0.05, 0.1) is 13.2 Å². The zero-order chi connectivity index (χ0) is 14.7. The van der Waals surface area contributed by atoms with Crippen LogP contribution in [0.4, 0.5) is 5.82 Å². The summed E-state index contributed by atoms with van der Waals surface area (Å²) in [5.74, 6) is -0.201. The fraction of sp³-hybridized carbons (Fsp3) is 0.286. The van der Waals surface area contributed by atoms with E-state index >= 15 is 0 Å². The van der Waals surface area contributed by atoms with Crippen molar-refractivity contribution in [3.63, 3.8) is 0 Å². The van der Waals surface area contributed by atoms with Crippen molar-refractivity contribution in [2.45, 2.75) is 0 Å². The van der Waals surface area contributed by atoms with Crippen molar-refractivity contribution in [3.8, 4) is 11.5 Å². The summed E-state index contributed by atoms with van der Waals surface area (Å²) in [6.07, 6.45) is 2.99. The molecule has 0 aromatic carbocycles. The highest BCUT2D eigenvalue weighted by atomic mass is 16.5. The number of aromatic carboxylic acids is 1. The number of pyridine rings is 1. The second kappa shape index (κ2) is 5.84. The van der Waals surface area contributed by atoms with Crippen LogP contribution in [0.15, 0.2) is 30.6 Å². The summed E-state index contributed by atoms with van der Waals surface area (Å²) in [5, 5.41) is 9.30. The molecular weight excluding hydrogens is 272 g/mol. The lowest BCUT2D eigenvalue weighted by Crippen LogP contribution is -2.38. The van der Waals surface area contributed by atoms with Gasteiger partial charge >= 0.3 is 5.97 Å². The van der Waals surface area contributed by atoms with E-state index in [9.17, 15) is 9.90 Å². The first-order chi connectivity index (χ1) is 10.3. The maximum Gasteiger partial charge on any atom is 0.341 e. The molecule has 0 aliphatic carbocycles. The van der Waals surface area contributed by atoms with Gasteiger partial charge in [-0.25, -0.2) is 14.8 Å². The molecule has 2 aromatic rings. The molecule has 21 heavy (non-hydrogen) atoms. The quantitative estimate of drug-likeness (QED) is 0.902. The number of carboxylic acid groups (broad SMARTS) is 1. The number of hydrogen-bond acceptors (Lipinski definition) is 6. The molecule has 0 atom stereocenters. The molecule has 3 rings (SSSR count). The Kier molecular flexibility index (Phi) is 3.74. The largest absolute Gasteiger partial charge is 0.477 e. The van der Waals surface area contributed by atoms with Gasteiger partial charge in [-0.2, -0.15) is 0 Å². The first-order valence-corrected chi connectivity index (χ1v) is 6.60. The predicted octanol–water partition coefficient (Wildman–Crippen LogP) is 1.07. The third-order valence-corrected chi connectivity index (χ3v) is 3.20. The average Bonchev–Trinajstić information content (AvgIpc) is 2.56. The number of aromatic nitrogens is 3. The van der Waals surface area contributed by atoms with Gasteiger partial charge in [0, 0.05) is 25.5 Å². The van der Waals surface area contributed by atoms with Crippen molar-refractivity contribution in [1.29, 1.82) is 0 Å². The molecule has 108 valence electrons. The van der Waals surface area contributed by atoms with Gasteiger partial charge < -0.3 is 14.7 Å². The SMILES string of the molecule is O=C(O)c1cnc(-c2ccccn2)nc1N1CCOCC1. The van der Waals surface area contributed by atoms with Gasteiger partial charge in [0.1, 0.15) is 17.1 Å². The number of rotatable bonds is 3. The van der Waals surface area contributed by atoms with E-state index in [4.69, 9.17) is 4.74 Å². The summed E-state index contributed by atoms with van der Waals surface area (Å²) in [6.45, 7) is 2.34. The van der Waals surface area contributed by atoms with Crippen LogP contribution in [0.2, 0.25) is 0 Å². The normalized spacial score (nSPS) is 15.0. The van der Waals surface area contributed by atoms with E-state index in [2.05, 4.69) is 15.0 Å². The van der Waals surface area contributed by atoms with Crippen LogP contribution in [0, 0.1) is 0 Å². The average molecular weight is 286 g/mol. The summed E-state index contributed by atoms with van der Waals surface area (Å²) >= 11 is 0. The Bertz CT molecular complexity index is 642. The molecule has 0 amide bonds. The van der Waals surface area contributed by atoms with Crippen molar-refractivity contribution in [2.24, 2.45) is 0 Å². The molecule has 1 saturated heterocycles. The summed E-state index contributed by atoms with van der Waals surface area (Å²) in [6, 6.07) is 5.43. The fourth-order valence-corrected chi connectivity index (χ4v) is 2.16. The standard InChI is InChI=1S/C14H14N4O3/c19-14(20)10-9-16-12(11-3-1-2-4-15-11)17-13(10)18-5-7-21-8-6-18/h1-4,9H,5-8H2,(H,19,20). The highest BCUT2D eigenvalue weighted by Crippen LogP contribution is 2.22. The number of carbonyl (C=O) groups is 1. The van der Waals surface area contributed by atoms with Gasteiger partial charge in [-0.1, -0.05) is 6.07 Å². The minimum absolute atomic E-state index is 0.0941. The van der Waals surface area contributed by atoms with Gasteiger partial charge in [0.15, 0.2) is 5.82 Å². The zero-order valence-corrected chi connectivity index (χ0v) is 11.3. The molecule has 3 heterocycles. The van der Waals surface area contributed by atoms with E-state index in [0.29, 0.717) is 43.6 Å². The van der Waals surface area contributed by atoms with Crippen LogP contribution in [-0.2, 0) is 4.74 Å². The number of ether oxygens (including phenoxy) is 1. The van der Waals surface area contributed by atoms with Crippen LogP contribution in [0.3, 0.4) is 0 Å². The van der Waals surface area contributed by atoms with Gasteiger partial charge in [-0.3, -0.25) is 4.98 Å². The van der Waals surface area contributed by atoms with Crippen molar-refractivity contribution in [3.05, 3.63) is 36.2 Å². The number of nitrogens with zero attached hydrogens (tertiary/aromatic N) is 4. The third kappa shape index (κ3) is 2.82. The molecule has 0 bridgehead atoms. The Balaban J connectivity index is 2.03. The number of carboxylic acids is 1. The first kappa shape index (κ1) is 13.4. The van der Waals surface area contributed by atoms with E-state index in [1.54, 1.807) is 18.3 Å². The van der Waals surface area contributed by atoms with Crippen LogP contribution in [0.25, 0.3) is 11.5 Å². The predicted molar refractivity (Wildman–Crippen MR) is 75.3 cm³/mol. The maximum atomic E-state index is 11.4. The Morgan fingerprint density at radius 2 is 2.05 bits per heavy atom. The molecule has 7 heteroatoms. The number of anilines is 1.